The highest BCUT2D eigenvalue weighted by Crippen LogP contribution is 2.32. The molecule has 0 saturated carbocycles. The van der Waals surface area contributed by atoms with Crippen LogP contribution < -0.4 is 4.74 Å². The summed E-state index contributed by atoms with van der Waals surface area (Å²) in [6, 6.07) is 3.66. The molecule has 5 rings (SSSR count). The molecule has 1 saturated heterocycles. The third-order valence-electron chi connectivity index (χ3n) is 5.52. The van der Waals surface area contributed by atoms with Crippen LogP contribution >= 0.6 is 11.3 Å². The highest BCUT2D eigenvalue weighted by molar-refractivity contribution is 7.10. The van der Waals surface area contributed by atoms with Gasteiger partial charge in [0.1, 0.15) is 23.4 Å². The number of aryl methyl sites for hydroxylation is 1. The summed E-state index contributed by atoms with van der Waals surface area (Å²) in [4.78, 5) is 23.7. The summed E-state index contributed by atoms with van der Waals surface area (Å²) in [5, 5.41) is 5.29. The molecule has 0 bridgehead atoms. The number of likely N-dealkylation sites (tertiary alicyclic amines) is 1. The van der Waals surface area contributed by atoms with Gasteiger partial charge in [0.25, 0.3) is 0 Å². The van der Waals surface area contributed by atoms with Gasteiger partial charge in [-0.05, 0) is 24.6 Å². The number of hydrogen-bond donors (Lipinski definition) is 0. The van der Waals surface area contributed by atoms with E-state index in [-0.39, 0.29) is 18.8 Å². The van der Waals surface area contributed by atoms with Gasteiger partial charge >= 0.3 is 6.03 Å². The number of rotatable bonds is 4. The van der Waals surface area contributed by atoms with Gasteiger partial charge in [0.15, 0.2) is 11.6 Å². The SMILES string of the molecule is Cc1scnc1-c1cc(OC2CN(C(=O)N3N=CC[C@H]3c3cc(F)cc(F)c3)C2)c(F)cn1. The van der Waals surface area contributed by atoms with Crippen LogP contribution in [0, 0.1) is 24.4 Å². The first kappa shape index (κ1) is 21.4. The van der Waals surface area contributed by atoms with Crippen molar-refractivity contribution in [2.24, 2.45) is 5.10 Å². The van der Waals surface area contributed by atoms with Crippen molar-refractivity contribution in [3.8, 4) is 17.1 Å². The molecule has 2 aliphatic rings. The lowest BCUT2D eigenvalue weighted by Gasteiger charge is -2.41. The first-order chi connectivity index (χ1) is 15.9. The number of urea groups is 1. The summed E-state index contributed by atoms with van der Waals surface area (Å²) in [5.74, 6) is -1.99. The number of benzene rings is 1. The maximum absolute atomic E-state index is 14.3. The molecule has 11 heteroatoms. The molecule has 0 unspecified atom stereocenters. The number of amides is 2. The number of aromatic nitrogens is 2. The molecule has 2 aliphatic heterocycles. The number of carbonyl (C=O) groups excluding carboxylic acids is 1. The molecule has 0 N–H and O–H groups in total. The van der Waals surface area contributed by atoms with E-state index in [2.05, 4.69) is 15.1 Å². The number of pyridine rings is 1. The fourth-order valence-electron chi connectivity index (χ4n) is 3.83. The fourth-order valence-corrected chi connectivity index (χ4v) is 4.41. The lowest BCUT2D eigenvalue weighted by atomic mass is 10.0. The predicted molar refractivity (Wildman–Crippen MR) is 115 cm³/mol. The largest absolute Gasteiger partial charge is 0.483 e. The van der Waals surface area contributed by atoms with Gasteiger partial charge < -0.3 is 9.64 Å². The first-order valence-corrected chi connectivity index (χ1v) is 11.1. The van der Waals surface area contributed by atoms with Gasteiger partial charge in [0.2, 0.25) is 0 Å². The maximum Gasteiger partial charge on any atom is 0.341 e. The molecule has 2 aromatic heterocycles. The molecule has 0 aliphatic carbocycles. The molecule has 1 fully saturated rings. The molecule has 1 aromatic carbocycles. The van der Waals surface area contributed by atoms with Crippen LogP contribution in [0.15, 0.2) is 41.1 Å². The number of carbonyl (C=O) groups is 1. The Labute approximate surface area is 191 Å². The molecule has 170 valence electrons. The van der Waals surface area contributed by atoms with E-state index in [1.807, 2.05) is 6.92 Å². The maximum atomic E-state index is 14.3. The number of halogens is 3. The number of nitrogens with zero attached hydrogens (tertiary/aromatic N) is 5. The van der Waals surface area contributed by atoms with Crippen molar-refractivity contribution in [1.29, 1.82) is 0 Å². The minimum absolute atomic E-state index is 0.0387. The van der Waals surface area contributed by atoms with Crippen LogP contribution in [-0.2, 0) is 0 Å². The molecular formula is C22H18F3N5O2S. The third kappa shape index (κ3) is 4.15. The summed E-state index contributed by atoms with van der Waals surface area (Å²) in [6.45, 7) is 2.35. The Kier molecular flexibility index (Phi) is 5.49. The fraction of sp³-hybridized carbons (Fsp3) is 0.273. The quantitative estimate of drug-likeness (QED) is 0.558. The van der Waals surface area contributed by atoms with Crippen molar-refractivity contribution < 1.29 is 22.7 Å². The molecule has 0 radical (unpaired) electrons. The standard InChI is InChI=1S/C22H18F3N5O2S/c1-12-21(27-11-33-12)18-7-20(17(25)8-26-18)32-16-9-29(10-16)22(31)30-19(2-3-28-30)13-4-14(23)6-15(24)5-13/h3-8,11,16,19H,2,9-10H2,1H3/t19-/m0/s1. The molecule has 7 nitrogen and oxygen atoms in total. The molecule has 4 heterocycles. The molecule has 3 aromatic rings. The van der Waals surface area contributed by atoms with Gasteiger partial charge in [-0.25, -0.2) is 28.0 Å². The molecule has 0 spiro atoms. The lowest BCUT2D eigenvalue weighted by Crippen LogP contribution is -2.58. The van der Waals surface area contributed by atoms with Crippen LogP contribution in [0.25, 0.3) is 11.4 Å². The minimum Gasteiger partial charge on any atom is -0.483 e. The second-order valence-corrected chi connectivity index (χ2v) is 8.84. The van der Waals surface area contributed by atoms with E-state index in [1.54, 1.807) is 5.51 Å². The van der Waals surface area contributed by atoms with Gasteiger partial charge in [-0.3, -0.25) is 4.98 Å². The monoisotopic (exact) mass is 473 g/mol. The molecule has 1 atom stereocenters. The average molecular weight is 473 g/mol. The zero-order chi connectivity index (χ0) is 23.1. The summed E-state index contributed by atoms with van der Waals surface area (Å²) in [7, 11) is 0. The van der Waals surface area contributed by atoms with Gasteiger partial charge in [-0.15, -0.1) is 11.3 Å². The second-order valence-electron chi connectivity index (χ2n) is 7.78. The summed E-state index contributed by atoms with van der Waals surface area (Å²) < 4.78 is 47.3. The van der Waals surface area contributed by atoms with Crippen molar-refractivity contribution in [3.63, 3.8) is 0 Å². The number of hydrazone groups is 1. The highest BCUT2D eigenvalue weighted by atomic mass is 32.1. The van der Waals surface area contributed by atoms with Crippen molar-refractivity contribution in [1.82, 2.24) is 19.9 Å². The Bertz CT molecular complexity index is 1220. The Balaban J connectivity index is 1.24. The first-order valence-electron chi connectivity index (χ1n) is 10.2. The Morgan fingerprint density at radius 3 is 2.58 bits per heavy atom. The van der Waals surface area contributed by atoms with Crippen molar-refractivity contribution >= 4 is 23.6 Å². The second kappa shape index (κ2) is 8.47. The van der Waals surface area contributed by atoms with Crippen molar-refractivity contribution in [3.05, 3.63) is 63.9 Å². The van der Waals surface area contributed by atoms with Gasteiger partial charge in [-0.2, -0.15) is 5.10 Å². The molecule has 33 heavy (non-hydrogen) atoms. The minimum atomic E-state index is -0.715. The van der Waals surface area contributed by atoms with E-state index in [0.29, 0.717) is 23.4 Å². The lowest BCUT2D eigenvalue weighted by molar-refractivity contribution is 0.0256. The number of ether oxygens (including phenoxy) is 1. The summed E-state index contributed by atoms with van der Waals surface area (Å²) in [5.41, 5.74) is 3.20. The van der Waals surface area contributed by atoms with Gasteiger partial charge in [-0.1, -0.05) is 0 Å². The van der Waals surface area contributed by atoms with E-state index in [4.69, 9.17) is 4.74 Å². The number of thiazole rings is 1. The van der Waals surface area contributed by atoms with Crippen LogP contribution in [-0.4, -0.2) is 51.3 Å². The third-order valence-corrected chi connectivity index (χ3v) is 6.27. The van der Waals surface area contributed by atoms with E-state index >= 15 is 0 Å². The summed E-state index contributed by atoms with van der Waals surface area (Å²) >= 11 is 1.47. The van der Waals surface area contributed by atoms with Crippen LogP contribution in [0.2, 0.25) is 0 Å². The van der Waals surface area contributed by atoms with E-state index in [1.165, 1.54) is 45.7 Å². The zero-order valence-corrected chi connectivity index (χ0v) is 18.2. The van der Waals surface area contributed by atoms with Gasteiger partial charge in [0, 0.05) is 29.6 Å². The van der Waals surface area contributed by atoms with Crippen LogP contribution in [0.1, 0.15) is 22.9 Å². The summed E-state index contributed by atoms with van der Waals surface area (Å²) in [6.07, 6.45) is 2.57. The van der Waals surface area contributed by atoms with Crippen molar-refractivity contribution in [2.45, 2.75) is 25.5 Å². The Morgan fingerprint density at radius 1 is 1.12 bits per heavy atom. The van der Waals surface area contributed by atoms with Crippen LogP contribution in [0.5, 0.6) is 5.75 Å². The van der Waals surface area contributed by atoms with E-state index in [9.17, 15) is 18.0 Å². The van der Waals surface area contributed by atoms with Crippen LogP contribution in [0.3, 0.4) is 0 Å². The topological polar surface area (TPSA) is 70.9 Å². The Morgan fingerprint density at radius 2 is 1.88 bits per heavy atom. The van der Waals surface area contributed by atoms with E-state index < -0.39 is 35.6 Å². The van der Waals surface area contributed by atoms with E-state index in [0.717, 1.165) is 17.1 Å². The van der Waals surface area contributed by atoms with Crippen molar-refractivity contribution in [2.75, 3.05) is 13.1 Å². The molecular weight excluding hydrogens is 455 g/mol. The normalized spacial score (nSPS) is 18.0. The number of hydrogen-bond acceptors (Lipinski definition) is 6. The van der Waals surface area contributed by atoms with Crippen LogP contribution in [0.4, 0.5) is 18.0 Å². The molecule has 2 amide bonds. The smallest absolute Gasteiger partial charge is 0.341 e. The highest BCUT2D eigenvalue weighted by Gasteiger charge is 2.39. The van der Waals surface area contributed by atoms with Gasteiger partial charge in [0.05, 0.1) is 36.5 Å². The zero-order valence-electron chi connectivity index (χ0n) is 17.4. The predicted octanol–water partition coefficient (Wildman–Crippen LogP) is 4.55. The average Bonchev–Trinajstić information content (AvgIpc) is 3.39. The Hall–Kier alpha value is -3.47.